The molecule has 0 saturated heterocycles. The maximum Gasteiger partial charge on any atom is 0.168 e. The van der Waals surface area contributed by atoms with Crippen LogP contribution in [0.5, 0.6) is 17.2 Å². The van der Waals surface area contributed by atoms with Crippen LogP contribution in [0, 0.1) is 6.92 Å². The SMILES string of the molecule is CNc1ccccc1CCCCCCCCCCCCCCC(=O)Cc1c(OC)cc(C)c(OC)c1OC. The lowest BCUT2D eigenvalue weighted by atomic mass is 9.99. The van der Waals surface area contributed by atoms with E-state index in [9.17, 15) is 4.79 Å². The van der Waals surface area contributed by atoms with E-state index >= 15 is 0 Å². The summed E-state index contributed by atoms with van der Waals surface area (Å²) in [6.45, 7) is 1.95. The van der Waals surface area contributed by atoms with Gasteiger partial charge in [0.2, 0.25) is 0 Å². The third-order valence-electron chi connectivity index (χ3n) is 7.42. The first kappa shape index (κ1) is 31.5. The monoisotopic (exact) mass is 525 g/mol. The number of benzene rings is 2. The molecule has 0 atom stereocenters. The number of methoxy groups -OCH3 is 3. The predicted octanol–water partition coefficient (Wildman–Crippen LogP) is 8.49. The maximum atomic E-state index is 12.7. The smallest absolute Gasteiger partial charge is 0.168 e. The van der Waals surface area contributed by atoms with Crippen LogP contribution in [0.4, 0.5) is 5.69 Å². The van der Waals surface area contributed by atoms with Crippen molar-refractivity contribution in [2.24, 2.45) is 0 Å². The molecule has 2 rings (SSSR count). The fraction of sp³-hybridized carbons (Fsp3) is 0.606. The third kappa shape index (κ3) is 10.6. The molecular weight excluding hydrogens is 474 g/mol. The number of ketones is 1. The highest BCUT2D eigenvalue weighted by Gasteiger charge is 2.20. The van der Waals surface area contributed by atoms with Crippen LogP contribution in [0.3, 0.4) is 0 Å². The van der Waals surface area contributed by atoms with E-state index in [0.717, 1.165) is 24.0 Å². The predicted molar refractivity (Wildman–Crippen MR) is 159 cm³/mol. The topological polar surface area (TPSA) is 56.8 Å². The van der Waals surface area contributed by atoms with Crippen molar-refractivity contribution in [2.75, 3.05) is 33.7 Å². The molecule has 2 aromatic rings. The van der Waals surface area contributed by atoms with Gasteiger partial charge in [-0.2, -0.15) is 0 Å². The summed E-state index contributed by atoms with van der Waals surface area (Å²) >= 11 is 0. The molecule has 0 fully saturated rings. The van der Waals surface area contributed by atoms with Gasteiger partial charge in [-0.25, -0.2) is 0 Å². The van der Waals surface area contributed by atoms with Crippen LogP contribution in [-0.2, 0) is 17.6 Å². The second kappa shape index (κ2) is 18.5. The standard InChI is InChI=1S/C33H51NO4/c1-26-24-31(36-3)29(33(38-5)32(26)37-4)25-28(35)22-17-15-13-11-9-7-6-8-10-12-14-16-20-27-21-18-19-23-30(27)34-2/h18-19,21,23-24,34H,6-17,20,22,25H2,1-5H3. The van der Waals surface area contributed by atoms with Gasteiger partial charge in [0.15, 0.2) is 11.5 Å². The number of aryl methyl sites for hydroxylation is 2. The Morgan fingerprint density at radius 2 is 1.29 bits per heavy atom. The highest BCUT2D eigenvalue weighted by Crippen LogP contribution is 2.41. The van der Waals surface area contributed by atoms with E-state index in [-0.39, 0.29) is 5.78 Å². The van der Waals surface area contributed by atoms with Gasteiger partial charge in [-0.15, -0.1) is 0 Å². The van der Waals surface area contributed by atoms with Gasteiger partial charge in [-0.3, -0.25) is 4.79 Å². The van der Waals surface area contributed by atoms with Crippen molar-refractivity contribution in [3.05, 3.63) is 47.0 Å². The van der Waals surface area contributed by atoms with Gasteiger partial charge in [-0.05, 0) is 49.4 Å². The van der Waals surface area contributed by atoms with Crippen LogP contribution in [0.15, 0.2) is 30.3 Å². The Morgan fingerprint density at radius 1 is 0.737 bits per heavy atom. The van der Waals surface area contributed by atoms with Gasteiger partial charge in [-0.1, -0.05) is 82.4 Å². The molecule has 0 aliphatic heterocycles. The van der Waals surface area contributed by atoms with E-state index in [1.54, 1.807) is 21.3 Å². The minimum absolute atomic E-state index is 0.221. The minimum Gasteiger partial charge on any atom is -0.496 e. The molecule has 0 spiro atoms. The number of carbonyl (C=O) groups is 1. The quantitative estimate of drug-likeness (QED) is 0.166. The number of carbonyl (C=O) groups excluding carboxylic acids is 1. The van der Waals surface area contributed by atoms with Crippen molar-refractivity contribution in [1.29, 1.82) is 0 Å². The molecule has 38 heavy (non-hydrogen) atoms. The molecule has 5 nitrogen and oxygen atoms in total. The van der Waals surface area contributed by atoms with E-state index in [0.29, 0.717) is 30.1 Å². The summed E-state index contributed by atoms with van der Waals surface area (Å²) in [5.41, 5.74) is 4.41. The first-order valence-corrected chi connectivity index (χ1v) is 14.6. The van der Waals surface area contributed by atoms with Gasteiger partial charge < -0.3 is 19.5 Å². The van der Waals surface area contributed by atoms with Crippen LogP contribution in [0.1, 0.15) is 100 Å². The normalized spacial score (nSPS) is 10.9. The van der Waals surface area contributed by atoms with E-state index in [1.165, 1.54) is 81.9 Å². The molecule has 0 aliphatic rings. The zero-order chi connectivity index (χ0) is 27.6. The molecule has 0 unspecified atom stereocenters. The lowest BCUT2D eigenvalue weighted by molar-refractivity contribution is -0.118. The number of hydrogen-bond acceptors (Lipinski definition) is 5. The van der Waals surface area contributed by atoms with Gasteiger partial charge in [0.25, 0.3) is 0 Å². The molecule has 0 saturated carbocycles. The second-order valence-electron chi connectivity index (χ2n) is 10.3. The highest BCUT2D eigenvalue weighted by molar-refractivity contribution is 5.83. The fourth-order valence-corrected chi connectivity index (χ4v) is 5.27. The molecule has 0 radical (unpaired) electrons. The van der Waals surface area contributed by atoms with Crippen molar-refractivity contribution in [3.8, 4) is 17.2 Å². The average molecular weight is 526 g/mol. The largest absolute Gasteiger partial charge is 0.496 e. The zero-order valence-corrected chi connectivity index (χ0v) is 24.6. The molecule has 2 aromatic carbocycles. The van der Waals surface area contributed by atoms with Crippen molar-refractivity contribution in [3.63, 3.8) is 0 Å². The number of rotatable bonds is 21. The molecule has 0 aliphatic carbocycles. The molecular formula is C33H51NO4. The van der Waals surface area contributed by atoms with Gasteiger partial charge in [0.1, 0.15) is 11.5 Å². The lowest BCUT2D eigenvalue weighted by Gasteiger charge is -2.18. The van der Waals surface area contributed by atoms with E-state index in [4.69, 9.17) is 14.2 Å². The molecule has 212 valence electrons. The Kier molecular flexibility index (Phi) is 15.4. The Morgan fingerprint density at radius 3 is 1.84 bits per heavy atom. The van der Waals surface area contributed by atoms with Crippen LogP contribution in [-0.4, -0.2) is 34.2 Å². The minimum atomic E-state index is 0.221. The Balaban J connectivity index is 1.49. The summed E-state index contributed by atoms with van der Waals surface area (Å²) < 4.78 is 16.6. The Labute approximate surface area is 231 Å². The Bertz CT molecular complexity index is 956. The lowest BCUT2D eigenvalue weighted by Crippen LogP contribution is -2.08. The third-order valence-corrected chi connectivity index (χ3v) is 7.42. The van der Waals surface area contributed by atoms with E-state index in [2.05, 4.69) is 29.6 Å². The Hall–Kier alpha value is -2.69. The van der Waals surface area contributed by atoms with E-state index < -0.39 is 0 Å². The molecule has 1 N–H and O–H groups in total. The van der Waals surface area contributed by atoms with Gasteiger partial charge in [0.05, 0.1) is 21.3 Å². The highest BCUT2D eigenvalue weighted by atomic mass is 16.5. The number of nitrogens with one attached hydrogen (secondary N) is 1. The van der Waals surface area contributed by atoms with Crippen molar-refractivity contribution in [1.82, 2.24) is 0 Å². The number of Topliss-reactive ketones (excluding diaryl/α,β-unsaturated/α-hetero) is 1. The van der Waals surface area contributed by atoms with Crippen molar-refractivity contribution >= 4 is 11.5 Å². The average Bonchev–Trinajstić information content (AvgIpc) is 2.93. The molecule has 0 amide bonds. The van der Waals surface area contributed by atoms with Crippen LogP contribution < -0.4 is 19.5 Å². The molecule has 0 heterocycles. The van der Waals surface area contributed by atoms with Crippen LogP contribution in [0.2, 0.25) is 0 Å². The van der Waals surface area contributed by atoms with Crippen LogP contribution >= 0.6 is 0 Å². The number of ether oxygens (including phenoxy) is 3. The van der Waals surface area contributed by atoms with Crippen molar-refractivity contribution in [2.45, 2.75) is 103 Å². The number of anilines is 1. The summed E-state index contributed by atoms with van der Waals surface area (Å²) in [6, 6.07) is 10.5. The number of hydrogen-bond donors (Lipinski definition) is 1. The summed E-state index contributed by atoms with van der Waals surface area (Å²) in [6.07, 6.45) is 17.3. The molecule has 0 bridgehead atoms. The summed E-state index contributed by atoms with van der Waals surface area (Å²) in [4.78, 5) is 12.7. The first-order valence-electron chi connectivity index (χ1n) is 14.6. The zero-order valence-electron chi connectivity index (χ0n) is 24.6. The van der Waals surface area contributed by atoms with Crippen molar-refractivity contribution < 1.29 is 19.0 Å². The maximum absolute atomic E-state index is 12.7. The van der Waals surface area contributed by atoms with Crippen LogP contribution in [0.25, 0.3) is 0 Å². The number of para-hydroxylation sites is 1. The second-order valence-corrected chi connectivity index (χ2v) is 10.3. The first-order chi connectivity index (χ1) is 18.5. The van der Waals surface area contributed by atoms with Gasteiger partial charge in [0, 0.05) is 31.1 Å². The van der Waals surface area contributed by atoms with E-state index in [1.807, 2.05) is 20.0 Å². The molecule has 5 heteroatoms. The number of unbranched alkanes of at least 4 members (excludes halogenated alkanes) is 11. The summed E-state index contributed by atoms with van der Waals surface area (Å²) in [7, 11) is 6.86. The summed E-state index contributed by atoms with van der Waals surface area (Å²) in [5.74, 6) is 2.18. The van der Waals surface area contributed by atoms with Gasteiger partial charge >= 0.3 is 0 Å². The fourth-order valence-electron chi connectivity index (χ4n) is 5.27. The summed E-state index contributed by atoms with van der Waals surface area (Å²) in [5, 5.41) is 3.29. The molecule has 0 aromatic heterocycles.